The Morgan fingerprint density at radius 1 is 1.05 bits per heavy atom. The van der Waals surface area contributed by atoms with Gasteiger partial charge in [-0.1, -0.05) is 45.4 Å². The van der Waals surface area contributed by atoms with Gasteiger partial charge in [0.25, 0.3) is 0 Å². The number of hydrogen-bond donors (Lipinski definition) is 1. The van der Waals surface area contributed by atoms with E-state index in [1.54, 1.807) is 0 Å². The molecule has 0 unspecified atom stereocenters. The Balaban J connectivity index is 2.77. The second-order valence-electron chi connectivity index (χ2n) is 7.01. The third-order valence-electron chi connectivity index (χ3n) is 3.83. The van der Waals surface area contributed by atoms with Crippen LogP contribution < -0.4 is 5.32 Å². The molecule has 0 atom stereocenters. The van der Waals surface area contributed by atoms with Crippen molar-refractivity contribution >= 4 is 0 Å². The van der Waals surface area contributed by atoms with E-state index < -0.39 is 0 Å². The third-order valence-corrected chi connectivity index (χ3v) is 3.83. The van der Waals surface area contributed by atoms with Gasteiger partial charge in [-0.2, -0.15) is 0 Å². The number of aryl methyl sites for hydroxylation is 3. The molecule has 108 valence electrons. The van der Waals surface area contributed by atoms with Crippen molar-refractivity contribution < 1.29 is 0 Å². The quantitative estimate of drug-likeness (QED) is 0.742. The first-order chi connectivity index (χ1) is 8.74. The highest BCUT2D eigenvalue weighted by Gasteiger charge is 2.24. The molecule has 1 rings (SSSR count). The maximum Gasteiger partial charge on any atom is -0.00258 e. The topological polar surface area (TPSA) is 12.0 Å². The first-order valence-electron chi connectivity index (χ1n) is 7.53. The van der Waals surface area contributed by atoms with Crippen LogP contribution >= 0.6 is 0 Å². The Morgan fingerprint density at radius 2 is 1.58 bits per heavy atom. The highest BCUT2D eigenvalue weighted by Crippen LogP contribution is 2.32. The van der Waals surface area contributed by atoms with Gasteiger partial charge in [0.15, 0.2) is 0 Å². The lowest BCUT2D eigenvalue weighted by molar-refractivity contribution is 0.439. The molecule has 19 heavy (non-hydrogen) atoms. The molecule has 0 spiro atoms. The summed E-state index contributed by atoms with van der Waals surface area (Å²) < 4.78 is 0. The molecule has 1 aromatic rings. The molecular weight excluding hydrogens is 230 g/mol. The van der Waals surface area contributed by atoms with E-state index in [9.17, 15) is 0 Å². The molecule has 1 aromatic carbocycles. The largest absolute Gasteiger partial charge is 0.316 e. The zero-order chi connectivity index (χ0) is 14.6. The number of hydrogen-bond acceptors (Lipinski definition) is 1. The molecular formula is C18H31N. The van der Waals surface area contributed by atoms with Gasteiger partial charge in [-0.05, 0) is 68.3 Å². The van der Waals surface area contributed by atoms with Crippen LogP contribution in [-0.2, 0) is 5.41 Å². The Morgan fingerprint density at radius 3 is 2.05 bits per heavy atom. The molecule has 0 aliphatic rings. The zero-order valence-electron chi connectivity index (χ0n) is 13.9. The molecule has 1 N–H and O–H groups in total. The van der Waals surface area contributed by atoms with Crippen LogP contribution in [0.4, 0.5) is 0 Å². The molecule has 0 saturated carbocycles. The van der Waals surface area contributed by atoms with Crippen LogP contribution in [0.2, 0.25) is 0 Å². The van der Waals surface area contributed by atoms with Gasteiger partial charge in [0.1, 0.15) is 0 Å². The zero-order valence-corrected chi connectivity index (χ0v) is 13.9. The molecule has 0 aliphatic carbocycles. The van der Waals surface area contributed by atoms with E-state index in [2.05, 4.69) is 65.9 Å². The van der Waals surface area contributed by atoms with Gasteiger partial charge in [-0.25, -0.2) is 0 Å². The minimum Gasteiger partial charge on any atom is -0.316 e. The molecule has 0 aliphatic heterocycles. The number of rotatable bonds is 6. The van der Waals surface area contributed by atoms with Crippen molar-refractivity contribution in [2.45, 2.75) is 60.3 Å². The van der Waals surface area contributed by atoms with Gasteiger partial charge in [-0.3, -0.25) is 0 Å². The summed E-state index contributed by atoms with van der Waals surface area (Å²) in [5, 5.41) is 3.56. The Kier molecular flexibility index (Phi) is 5.61. The van der Waals surface area contributed by atoms with Crippen LogP contribution in [0.5, 0.6) is 0 Å². The van der Waals surface area contributed by atoms with Gasteiger partial charge in [0.2, 0.25) is 0 Å². The van der Waals surface area contributed by atoms with Gasteiger partial charge in [0, 0.05) is 0 Å². The standard InChI is InChI=1S/C18H31N/c1-13(2)12-19-9-8-18(6,7)17-15(4)10-14(3)11-16(17)5/h10-11,13,19H,8-9,12H2,1-7H3. The van der Waals surface area contributed by atoms with Crippen LogP contribution in [0.3, 0.4) is 0 Å². The van der Waals surface area contributed by atoms with E-state index in [0.29, 0.717) is 0 Å². The molecule has 0 bridgehead atoms. The molecule has 1 heteroatoms. The Hall–Kier alpha value is -0.820. The summed E-state index contributed by atoms with van der Waals surface area (Å²) in [7, 11) is 0. The summed E-state index contributed by atoms with van der Waals surface area (Å²) in [6.45, 7) is 18.1. The first kappa shape index (κ1) is 16.2. The predicted molar refractivity (Wildman–Crippen MR) is 86.0 cm³/mol. The van der Waals surface area contributed by atoms with Crippen LogP contribution in [0.1, 0.15) is 56.4 Å². The summed E-state index contributed by atoms with van der Waals surface area (Å²) in [5.74, 6) is 0.728. The smallest absolute Gasteiger partial charge is 0.00258 e. The van der Waals surface area contributed by atoms with Gasteiger partial charge in [-0.15, -0.1) is 0 Å². The van der Waals surface area contributed by atoms with E-state index in [1.165, 1.54) is 28.7 Å². The minimum absolute atomic E-state index is 0.242. The Labute approximate surface area is 119 Å². The lowest BCUT2D eigenvalue weighted by atomic mass is 9.76. The highest BCUT2D eigenvalue weighted by molar-refractivity contribution is 5.42. The van der Waals surface area contributed by atoms with Crippen molar-refractivity contribution in [2.24, 2.45) is 5.92 Å². The van der Waals surface area contributed by atoms with Crippen molar-refractivity contribution in [3.8, 4) is 0 Å². The first-order valence-corrected chi connectivity index (χ1v) is 7.53. The second kappa shape index (κ2) is 6.56. The van der Waals surface area contributed by atoms with Crippen LogP contribution in [0.25, 0.3) is 0 Å². The fourth-order valence-electron chi connectivity index (χ4n) is 3.16. The molecule has 0 fully saturated rings. The Bertz CT molecular complexity index is 393. The predicted octanol–water partition coefficient (Wildman–Crippen LogP) is 4.53. The van der Waals surface area contributed by atoms with Crippen molar-refractivity contribution in [2.75, 3.05) is 13.1 Å². The summed E-state index contributed by atoms with van der Waals surface area (Å²) in [6, 6.07) is 4.62. The van der Waals surface area contributed by atoms with E-state index in [4.69, 9.17) is 0 Å². The number of benzene rings is 1. The summed E-state index contributed by atoms with van der Waals surface area (Å²) >= 11 is 0. The summed E-state index contributed by atoms with van der Waals surface area (Å²) in [5.41, 5.74) is 6.01. The molecule has 0 aromatic heterocycles. The maximum atomic E-state index is 3.56. The number of nitrogens with one attached hydrogen (secondary N) is 1. The maximum absolute atomic E-state index is 3.56. The lowest BCUT2D eigenvalue weighted by Crippen LogP contribution is -2.29. The van der Waals surface area contributed by atoms with E-state index in [-0.39, 0.29) is 5.41 Å². The van der Waals surface area contributed by atoms with Gasteiger partial charge in [0.05, 0.1) is 0 Å². The van der Waals surface area contributed by atoms with E-state index in [0.717, 1.165) is 19.0 Å². The van der Waals surface area contributed by atoms with Crippen LogP contribution in [0, 0.1) is 26.7 Å². The molecule has 0 radical (unpaired) electrons. The normalized spacial score (nSPS) is 12.2. The molecule has 0 heterocycles. The fraction of sp³-hybridized carbons (Fsp3) is 0.667. The minimum atomic E-state index is 0.242. The van der Waals surface area contributed by atoms with Crippen molar-refractivity contribution in [1.29, 1.82) is 0 Å². The lowest BCUT2D eigenvalue weighted by Gasteiger charge is -2.30. The summed E-state index contributed by atoms with van der Waals surface area (Å²) in [4.78, 5) is 0. The van der Waals surface area contributed by atoms with Crippen molar-refractivity contribution in [1.82, 2.24) is 5.32 Å². The molecule has 0 saturated heterocycles. The van der Waals surface area contributed by atoms with Crippen molar-refractivity contribution in [3.63, 3.8) is 0 Å². The monoisotopic (exact) mass is 261 g/mol. The SMILES string of the molecule is Cc1cc(C)c(C(C)(C)CCNCC(C)C)c(C)c1. The fourth-order valence-corrected chi connectivity index (χ4v) is 3.16. The van der Waals surface area contributed by atoms with Crippen LogP contribution in [-0.4, -0.2) is 13.1 Å². The van der Waals surface area contributed by atoms with Crippen LogP contribution in [0.15, 0.2) is 12.1 Å². The average Bonchev–Trinajstić information content (AvgIpc) is 2.22. The second-order valence-corrected chi connectivity index (χ2v) is 7.01. The molecule has 1 nitrogen and oxygen atoms in total. The third kappa shape index (κ3) is 4.65. The van der Waals surface area contributed by atoms with Crippen molar-refractivity contribution in [3.05, 3.63) is 34.4 Å². The highest BCUT2D eigenvalue weighted by atomic mass is 14.9. The molecule has 0 amide bonds. The summed E-state index contributed by atoms with van der Waals surface area (Å²) in [6.07, 6.45) is 1.18. The van der Waals surface area contributed by atoms with Gasteiger partial charge < -0.3 is 5.32 Å². The van der Waals surface area contributed by atoms with Gasteiger partial charge >= 0.3 is 0 Å². The van der Waals surface area contributed by atoms with E-state index in [1.807, 2.05) is 0 Å². The average molecular weight is 261 g/mol. The van der Waals surface area contributed by atoms with E-state index >= 15 is 0 Å².